The highest BCUT2D eigenvalue weighted by molar-refractivity contribution is 5.06. The second-order valence-electron chi connectivity index (χ2n) is 3.28. The molecule has 1 heterocycles. The van der Waals surface area contributed by atoms with Gasteiger partial charge in [0.05, 0.1) is 0 Å². The Bertz CT molecular complexity index is 143. The highest BCUT2D eigenvalue weighted by Gasteiger charge is 2.08. The van der Waals surface area contributed by atoms with Crippen molar-refractivity contribution in [2.24, 2.45) is 0 Å². The number of nitrogens with zero attached hydrogens (tertiary/aromatic N) is 1. The minimum Gasteiger partial charge on any atom is -0.377 e. The van der Waals surface area contributed by atoms with Crippen molar-refractivity contribution >= 4 is 0 Å². The third-order valence-electron chi connectivity index (χ3n) is 2.34. The molecule has 0 atom stereocenters. The largest absolute Gasteiger partial charge is 0.377 e. The van der Waals surface area contributed by atoms with E-state index >= 15 is 0 Å². The Morgan fingerprint density at radius 2 is 2.17 bits per heavy atom. The summed E-state index contributed by atoms with van der Waals surface area (Å²) >= 11 is 0. The third kappa shape index (κ3) is 3.24. The molecule has 0 saturated carbocycles. The van der Waals surface area contributed by atoms with E-state index < -0.39 is 0 Å². The van der Waals surface area contributed by atoms with Gasteiger partial charge in [-0.25, -0.2) is 0 Å². The molecule has 0 aromatic heterocycles. The molecular formula is C10H20FN. The van der Waals surface area contributed by atoms with Crippen LogP contribution in [0.1, 0.15) is 39.5 Å². The van der Waals surface area contributed by atoms with Crippen LogP contribution in [0, 0.1) is 0 Å². The molecule has 0 aromatic carbocycles. The number of hydrogen-bond acceptors (Lipinski definition) is 1. The Kier molecular flexibility index (Phi) is 5.77. The molecule has 1 rings (SSSR count). The standard InChI is InChI=1S/C10H19N.FH/c1-3-5-7-11-8-6-10(4-2)9-11;/h9H,3-8H2,1-2H3;1H. The maximum absolute atomic E-state index is 2.46. The van der Waals surface area contributed by atoms with Gasteiger partial charge < -0.3 is 4.90 Å². The van der Waals surface area contributed by atoms with E-state index in [1.165, 1.54) is 38.8 Å². The highest BCUT2D eigenvalue weighted by atomic mass is 19.0. The maximum Gasteiger partial charge on any atom is 0.0210 e. The first-order chi connectivity index (χ1) is 5.36. The van der Waals surface area contributed by atoms with Crippen LogP contribution in [0.25, 0.3) is 0 Å². The van der Waals surface area contributed by atoms with Crippen molar-refractivity contribution in [1.29, 1.82) is 0 Å². The topological polar surface area (TPSA) is 3.24 Å². The second kappa shape index (κ2) is 6.04. The van der Waals surface area contributed by atoms with E-state index in [0.717, 1.165) is 0 Å². The summed E-state index contributed by atoms with van der Waals surface area (Å²) in [5, 5.41) is 0. The molecule has 0 aromatic rings. The van der Waals surface area contributed by atoms with Crippen LogP contribution in [-0.2, 0) is 0 Å². The predicted octanol–water partition coefficient (Wildman–Crippen LogP) is 2.94. The number of halogens is 1. The van der Waals surface area contributed by atoms with E-state index in [0.29, 0.717) is 0 Å². The summed E-state index contributed by atoms with van der Waals surface area (Å²) in [5.74, 6) is 0. The molecule has 12 heavy (non-hydrogen) atoms. The van der Waals surface area contributed by atoms with Crippen molar-refractivity contribution in [1.82, 2.24) is 4.90 Å². The average Bonchev–Trinajstić information content (AvgIpc) is 2.48. The van der Waals surface area contributed by atoms with Gasteiger partial charge in [-0.2, -0.15) is 0 Å². The smallest absolute Gasteiger partial charge is 0.0210 e. The molecule has 1 nitrogen and oxygen atoms in total. The maximum atomic E-state index is 2.46. The van der Waals surface area contributed by atoms with Gasteiger partial charge in [-0.3, -0.25) is 4.70 Å². The lowest BCUT2D eigenvalue weighted by Gasteiger charge is -2.13. The normalized spacial score (nSPS) is 15.8. The molecular weight excluding hydrogens is 153 g/mol. The van der Waals surface area contributed by atoms with E-state index in [1.54, 1.807) is 5.57 Å². The van der Waals surface area contributed by atoms with Crippen molar-refractivity contribution in [2.45, 2.75) is 39.5 Å². The Labute approximate surface area is 74.8 Å². The minimum atomic E-state index is 0. The number of unbranched alkanes of at least 4 members (excludes halogenated alkanes) is 1. The van der Waals surface area contributed by atoms with Crippen LogP contribution in [0.4, 0.5) is 4.70 Å². The van der Waals surface area contributed by atoms with Gasteiger partial charge in [0, 0.05) is 13.1 Å². The lowest BCUT2D eigenvalue weighted by molar-refractivity contribution is 0.396. The summed E-state index contributed by atoms with van der Waals surface area (Å²) in [4.78, 5) is 2.46. The molecule has 1 aliphatic heterocycles. The van der Waals surface area contributed by atoms with Crippen LogP contribution in [0.5, 0.6) is 0 Å². The molecule has 72 valence electrons. The van der Waals surface area contributed by atoms with E-state index in [4.69, 9.17) is 0 Å². The Hall–Kier alpha value is -0.530. The first-order valence-corrected chi connectivity index (χ1v) is 4.80. The number of rotatable bonds is 4. The summed E-state index contributed by atoms with van der Waals surface area (Å²) in [7, 11) is 0. The first-order valence-electron chi connectivity index (χ1n) is 4.80. The molecule has 1 aliphatic rings. The van der Waals surface area contributed by atoms with Gasteiger partial charge in [-0.15, -0.1) is 0 Å². The van der Waals surface area contributed by atoms with Crippen LogP contribution in [0.15, 0.2) is 11.8 Å². The molecule has 0 unspecified atom stereocenters. The fourth-order valence-corrected chi connectivity index (χ4v) is 1.48. The van der Waals surface area contributed by atoms with Crippen LogP contribution in [0.2, 0.25) is 0 Å². The van der Waals surface area contributed by atoms with Gasteiger partial charge in [0.15, 0.2) is 0 Å². The fraction of sp³-hybridized carbons (Fsp3) is 0.800. The third-order valence-corrected chi connectivity index (χ3v) is 2.34. The Morgan fingerprint density at radius 3 is 2.67 bits per heavy atom. The second-order valence-corrected chi connectivity index (χ2v) is 3.28. The fourth-order valence-electron chi connectivity index (χ4n) is 1.48. The lowest BCUT2D eigenvalue weighted by atomic mass is 10.2. The summed E-state index contributed by atoms with van der Waals surface area (Å²) in [6.07, 6.45) is 7.55. The molecule has 0 N–H and O–H groups in total. The van der Waals surface area contributed by atoms with Gasteiger partial charge in [-0.05, 0) is 25.5 Å². The zero-order valence-corrected chi connectivity index (χ0v) is 8.18. The van der Waals surface area contributed by atoms with Crippen LogP contribution >= 0.6 is 0 Å². The molecule has 0 amide bonds. The van der Waals surface area contributed by atoms with Crippen molar-refractivity contribution in [3.8, 4) is 0 Å². The summed E-state index contributed by atoms with van der Waals surface area (Å²) in [6.45, 7) is 7.03. The summed E-state index contributed by atoms with van der Waals surface area (Å²) < 4.78 is 0. The van der Waals surface area contributed by atoms with Crippen LogP contribution < -0.4 is 0 Å². The Balaban J connectivity index is 0.00000121. The predicted molar refractivity (Wildman–Crippen MR) is 52.0 cm³/mol. The van der Waals surface area contributed by atoms with Gasteiger partial charge in [0.25, 0.3) is 0 Å². The van der Waals surface area contributed by atoms with Gasteiger partial charge in [0.1, 0.15) is 0 Å². The quantitative estimate of drug-likeness (QED) is 0.631. The zero-order chi connectivity index (χ0) is 8.10. The van der Waals surface area contributed by atoms with Gasteiger partial charge >= 0.3 is 0 Å². The van der Waals surface area contributed by atoms with Crippen molar-refractivity contribution in [2.75, 3.05) is 13.1 Å². The molecule has 0 bridgehead atoms. The van der Waals surface area contributed by atoms with E-state index in [-0.39, 0.29) is 4.70 Å². The lowest BCUT2D eigenvalue weighted by Crippen LogP contribution is -2.15. The highest BCUT2D eigenvalue weighted by Crippen LogP contribution is 2.16. The molecule has 2 heteroatoms. The summed E-state index contributed by atoms with van der Waals surface area (Å²) in [6, 6.07) is 0. The first kappa shape index (κ1) is 11.5. The van der Waals surface area contributed by atoms with Gasteiger partial charge in [-0.1, -0.05) is 25.8 Å². The molecule has 0 aliphatic carbocycles. The number of hydrogen-bond donors (Lipinski definition) is 0. The van der Waals surface area contributed by atoms with Crippen molar-refractivity contribution < 1.29 is 4.70 Å². The Morgan fingerprint density at radius 1 is 1.42 bits per heavy atom. The molecule has 0 spiro atoms. The van der Waals surface area contributed by atoms with Gasteiger partial charge in [0.2, 0.25) is 0 Å². The van der Waals surface area contributed by atoms with E-state index in [1.807, 2.05) is 0 Å². The van der Waals surface area contributed by atoms with Crippen molar-refractivity contribution in [3.63, 3.8) is 0 Å². The zero-order valence-electron chi connectivity index (χ0n) is 8.18. The van der Waals surface area contributed by atoms with E-state index in [2.05, 4.69) is 24.9 Å². The molecule has 0 saturated heterocycles. The SMILES string of the molecule is CCCCN1C=C(CC)CC1.F. The molecule has 0 fully saturated rings. The monoisotopic (exact) mass is 173 g/mol. The molecule has 0 radical (unpaired) electrons. The average molecular weight is 173 g/mol. The van der Waals surface area contributed by atoms with E-state index in [9.17, 15) is 0 Å². The van der Waals surface area contributed by atoms with Crippen molar-refractivity contribution in [3.05, 3.63) is 11.8 Å². The summed E-state index contributed by atoms with van der Waals surface area (Å²) in [5.41, 5.74) is 1.63. The van der Waals surface area contributed by atoms with Crippen LogP contribution in [-0.4, -0.2) is 18.0 Å². The van der Waals surface area contributed by atoms with Crippen LogP contribution in [0.3, 0.4) is 0 Å². The minimum absolute atomic E-state index is 0.